The minimum absolute atomic E-state index is 0.0597. The molecule has 0 spiro atoms. The molecule has 1 fully saturated rings. The summed E-state index contributed by atoms with van der Waals surface area (Å²) in [4.78, 5) is 27.6. The number of nitrogens with one attached hydrogen (secondary N) is 1. The summed E-state index contributed by atoms with van der Waals surface area (Å²) in [6, 6.07) is 13.8. The topological polar surface area (TPSA) is 54.3 Å². The molecule has 1 N–H and O–H groups in total. The van der Waals surface area contributed by atoms with Crippen LogP contribution in [-0.2, 0) is 9.59 Å². The van der Waals surface area contributed by atoms with E-state index in [4.69, 9.17) is 12.2 Å². The number of carbonyl (C=O) groups is 2. The van der Waals surface area contributed by atoms with E-state index in [0.717, 1.165) is 28.2 Å². The Kier molecular flexibility index (Phi) is 5.80. The Morgan fingerprint density at radius 1 is 0.879 bits per heavy atom. The maximum Gasteiger partial charge on any atom is 0.270 e. The van der Waals surface area contributed by atoms with E-state index in [1.54, 1.807) is 6.08 Å². The number of thiocarbonyl (C=S) groups is 1. The van der Waals surface area contributed by atoms with E-state index in [1.165, 1.54) is 21.6 Å². The second-order valence-corrected chi connectivity index (χ2v) is 9.04. The molecule has 0 unspecified atom stereocenters. The number of hydrogen-bond acceptors (Lipinski definition) is 3. The molecule has 33 heavy (non-hydrogen) atoms. The molecule has 1 aromatic heterocycles. The molecule has 1 saturated heterocycles. The Balaban J connectivity index is 1.82. The van der Waals surface area contributed by atoms with Crippen molar-refractivity contribution in [3.63, 3.8) is 0 Å². The molecule has 2 amide bonds. The third-order valence-electron chi connectivity index (χ3n) is 6.09. The van der Waals surface area contributed by atoms with Crippen LogP contribution in [0.4, 0.5) is 5.69 Å². The summed E-state index contributed by atoms with van der Waals surface area (Å²) in [5.74, 6) is -0.909. The molecule has 1 aliphatic rings. The van der Waals surface area contributed by atoms with Crippen molar-refractivity contribution in [3.8, 4) is 5.69 Å². The van der Waals surface area contributed by atoms with Crippen LogP contribution in [0.2, 0.25) is 0 Å². The Morgan fingerprint density at radius 2 is 1.52 bits per heavy atom. The van der Waals surface area contributed by atoms with Crippen molar-refractivity contribution < 1.29 is 9.59 Å². The molecule has 6 heteroatoms. The normalized spacial score (nSPS) is 15.4. The van der Waals surface area contributed by atoms with Gasteiger partial charge in [0.1, 0.15) is 5.57 Å². The van der Waals surface area contributed by atoms with E-state index >= 15 is 0 Å². The van der Waals surface area contributed by atoms with Gasteiger partial charge >= 0.3 is 0 Å². The number of aryl methyl sites for hydroxylation is 5. The van der Waals surface area contributed by atoms with Gasteiger partial charge in [-0.1, -0.05) is 35.9 Å². The molecule has 0 saturated carbocycles. The zero-order valence-corrected chi connectivity index (χ0v) is 20.6. The smallest absolute Gasteiger partial charge is 0.270 e. The lowest BCUT2D eigenvalue weighted by Gasteiger charge is -2.30. The molecule has 1 aliphatic heterocycles. The molecule has 3 aromatic rings. The van der Waals surface area contributed by atoms with E-state index in [9.17, 15) is 9.59 Å². The van der Waals surface area contributed by atoms with Crippen LogP contribution in [-0.4, -0.2) is 21.5 Å². The Bertz CT molecular complexity index is 1340. The highest BCUT2D eigenvalue weighted by atomic mass is 32.1. The summed E-state index contributed by atoms with van der Waals surface area (Å²) in [6.07, 6.45) is 1.67. The maximum atomic E-state index is 13.4. The summed E-state index contributed by atoms with van der Waals surface area (Å²) in [5, 5.41) is 2.77. The minimum atomic E-state index is -0.484. The van der Waals surface area contributed by atoms with Crippen LogP contribution in [0.15, 0.2) is 48.0 Å². The summed E-state index contributed by atoms with van der Waals surface area (Å²) >= 11 is 5.34. The highest BCUT2D eigenvalue weighted by molar-refractivity contribution is 7.80. The zero-order valence-electron chi connectivity index (χ0n) is 19.7. The molecular formula is C27H27N3O2S. The van der Waals surface area contributed by atoms with Gasteiger partial charge in [0.2, 0.25) is 0 Å². The number of carbonyl (C=O) groups excluding carboxylic acids is 2. The number of para-hydroxylation sites is 1. The monoisotopic (exact) mass is 457 g/mol. The highest BCUT2D eigenvalue weighted by Crippen LogP contribution is 2.30. The number of aromatic nitrogens is 1. The van der Waals surface area contributed by atoms with Crippen molar-refractivity contribution in [1.82, 2.24) is 9.88 Å². The molecule has 0 radical (unpaired) electrons. The van der Waals surface area contributed by atoms with Crippen LogP contribution in [0.1, 0.15) is 39.2 Å². The number of nitrogens with zero attached hydrogens (tertiary/aromatic N) is 2. The van der Waals surface area contributed by atoms with Gasteiger partial charge in [-0.15, -0.1) is 0 Å². The number of rotatable bonds is 3. The van der Waals surface area contributed by atoms with Gasteiger partial charge < -0.3 is 4.57 Å². The van der Waals surface area contributed by atoms with Gasteiger partial charge in [-0.2, -0.15) is 0 Å². The van der Waals surface area contributed by atoms with Crippen molar-refractivity contribution >= 4 is 40.9 Å². The van der Waals surface area contributed by atoms with Gasteiger partial charge in [-0.3, -0.25) is 19.8 Å². The first-order chi connectivity index (χ1) is 15.6. The molecule has 2 heterocycles. The fourth-order valence-corrected chi connectivity index (χ4v) is 4.92. The average molecular weight is 458 g/mol. The van der Waals surface area contributed by atoms with Gasteiger partial charge in [0.05, 0.1) is 11.4 Å². The lowest BCUT2D eigenvalue weighted by molar-refractivity contribution is -0.122. The fourth-order valence-electron chi connectivity index (χ4n) is 4.65. The summed E-state index contributed by atoms with van der Waals surface area (Å²) in [6.45, 7) is 12.2. The predicted molar refractivity (Wildman–Crippen MR) is 137 cm³/mol. The standard InChI is InChI=1S/C27H27N3O2S/c1-15-11-17(3)24(18(4)12-15)29-19(5)13-21(20(29)6)14-22-25(31)28-27(33)30(26(22)32)23-10-8-7-9-16(23)2/h7-14H,1-6H3,(H,28,31,33)/b22-14+. The van der Waals surface area contributed by atoms with E-state index in [0.29, 0.717) is 5.69 Å². The largest absolute Gasteiger partial charge is 0.317 e. The van der Waals surface area contributed by atoms with Crippen molar-refractivity contribution in [2.24, 2.45) is 0 Å². The Morgan fingerprint density at radius 3 is 2.15 bits per heavy atom. The van der Waals surface area contributed by atoms with E-state index < -0.39 is 11.8 Å². The molecular weight excluding hydrogens is 430 g/mol. The van der Waals surface area contributed by atoms with E-state index in [1.807, 2.05) is 51.1 Å². The van der Waals surface area contributed by atoms with Gasteiger partial charge in [0.25, 0.3) is 11.8 Å². The Labute approximate surface area is 199 Å². The van der Waals surface area contributed by atoms with Gasteiger partial charge in [0, 0.05) is 11.4 Å². The summed E-state index contributed by atoms with van der Waals surface area (Å²) in [5.41, 5.74) is 9.13. The molecule has 4 rings (SSSR count). The summed E-state index contributed by atoms with van der Waals surface area (Å²) < 4.78 is 2.19. The first-order valence-electron chi connectivity index (χ1n) is 10.8. The van der Waals surface area contributed by atoms with Crippen molar-refractivity contribution in [3.05, 3.63) is 87.2 Å². The molecule has 2 aromatic carbocycles. The van der Waals surface area contributed by atoms with E-state index in [-0.39, 0.29) is 10.7 Å². The highest BCUT2D eigenvalue weighted by Gasteiger charge is 2.35. The van der Waals surface area contributed by atoms with Crippen molar-refractivity contribution in [2.75, 3.05) is 4.90 Å². The average Bonchev–Trinajstić information content (AvgIpc) is 2.99. The van der Waals surface area contributed by atoms with Crippen LogP contribution < -0.4 is 10.2 Å². The Hall–Kier alpha value is -3.51. The lowest BCUT2D eigenvalue weighted by Crippen LogP contribution is -2.54. The van der Waals surface area contributed by atoms with Crippen LogP contribution in [0.3, 0.4) is 0 Å². The summed E-state index contributed by atoms with van der Waals surface area (Å²) in [7, 11) is 0. The van der Waals surface area contributed by atoms with Crippen molar-refractivity contribution in [1.29, 1.82) is 0 Å². The van der Waals surface area contributed by atoms with Crippen LogP contribution in [0, 0.1) is 41.5 Å². The van der Waals surface area contributed by atoms with Crippen LogP contribution in [0.25, 0.3) is 11.8 Å². The van der Waals surface area contributed by atoms with Gasteiger partial charge in [-0.05, 0) is 94.2 Å². The third kappa shape index (κ3) is 3.91. The molecule has 168 valence electrons. The first kappa shape index (κ1) is 22.7. The number of amides is 2. The number of benzene rings is 2. The maximum absolute atomic E-state index is 13.4. The third-order valence-corrected chi connectivity index (χ3v) is 6.37. The second kappa shape index (κ2) is 8.45. The van der Waals surface area contributed by atoms with Gasteiger partial charge in [-0.25, -0.2) is 0 Å². The predicted octanol–water partition coefficient (Wildman–Crippen LogP) is 5.16. The van der Waals surface area contributed by atoms with Gasteiger partial charge in [0.15, 0.2) is 5.11 Å². The first-order valence-corrected chi connectivity index (χ1v) is 11.2. The van der Waals surface area contributed by atoms with Crippen LogP contribution in [0.5, 0.6) is 0 Å². The lowest BCUT2D eigenvalue weighted by atomic mass is 10.0. The van der Waals surface area contributed by atoms with Crippen LogP contribution >= 0.6 is 12.2 Å². The molecule has 0 bridgehead atoms. The minimum Gasteiger partial charge on any atom is -0.317 e. The molecule has 0 atom stereocenters. The zero-order chi connectivity index (χ0) is 24.0. The second-order valence-electron chi connectivity index (χ2n) is 8.65. The number of anilines is 1. The van der Waals surface area contributed by atoms with Crippen molar-refractivity contribution in [2.45, 2.75) is 41.5 Å². The molecule has 0 aliphatic carbocycles. The van der Waals surface area contributed by atoms with E-state index in [2.05, 4.69) is 42.8 Å². The quantitative estimate of drug-likeness (QED) is 0.336. The number of hydrogen-bond donors (Lipinski definition) is 1. The fraction of sp³-hybridized carbons (Fsp3) is 0.222. The molecule has 5 nitrogen and oxygen atoms in total. The SMILES string of the molecule is Cc1cc(C)c(-n2c(C)cc(/C=C3\C(=O)NC(=S)N(c4ccccc4C)C3=O)c2C)c(C)c1.